The number of aliphatic hydroxyl groups excluding tert-OH is 1. The Morgan fingerprint density at radius 1 is 0.972 bits per heavy atom. The zero-order valence-corrected chi connectivity index (χ0v) is 23.1. The van der Waals surface area contributed by atoms with E-state index in [4.69, 9.17) is 4.74 Å². The van der Waals surface area contributed by atoms with E-state index >= 15 is 0 Å². The molecule has 1 aromatic rings. The predicted molar refractivity (Wildman–Crippen MR) is 143 cm³/mol. The minimum Gasteiger partial charge on any atom is -0.444 e. The van der Waals surface area contributed by atoms with Gasteiger partial charge in [0.1, 0.15) is 17.7 Å². The van der Waals surface area contributed by atoms with Gasteiger partial charge in [-0.3, -0.25) is 9.59 Å². The van der Waals surface area contributed by atoms with E-state index in [2.05, 4.69) is 17.6 Å². The molecule has 2 unspecified atom stereocenters. The van der Waals surface area contributed by atoms with Gasteiger partial charge in [0.2, 0.25) is 11.8 Å². The predicted octanol–water partition coefficient (Wildman–Crippen LogP) is 4.64. The largest absolute Gasteiger partial charge is 0.444 e. The molecule has 0 radical (unpaired) electrons. The number of carbonyl (C=O) groups is 3. The summed E-state index contributed by atoms with van der Waals surface area (Å²) in [6.07, 6.45) is 5.83. The van der Waals surface area contributed by atoms with Crippen molar-refractivity contribution in [1.82, 2.24) is 15.5 Å². The highest BCUT2D eigenvalue weighted by Gasteiger charge is 2.35. The maximum absolute atomic E-state index is 13.7. The molecule has 0 saturated carbocycles. The fourth-order valence-corrected chi connectivity index (χ4v) is 3.79. The number of benzene rings is 1. The van der Waals surface area contributed by atoms with Crippen LogP contribution in [0.3, 0.4) is 0 Å². The van der Waals surface area contributed by atoms with Crippen molar-refractivity contribution in [3.63, 3.8) is 0 Å². The summed E-state index contributed by atoms with van der Waals surface area (Å²) < 4.78 is 5.29. The highest BCUT2D eigenvalue weighted by Crippen LogP contribution is 2.24. The molecular formula is C28H47N3O5. The summed E-state index contributed by atoms with van der Waals surface area (Å²) in [4.78, 5) is 41.0. The molecule has 36 heavy (non-hydrogen) atoms. The summed E-state index contributed by atoms with van der Waals surface area (Å²) >= 11 is 0. The van der Waals surface area contributed by atoms with Crippen molar-refractivity contribution in [3.8, 4) is 0 Å². The van der Waals surface area contributed by atoms with Gasteiger partial charge in [-0.1, -0.05) is 75.8 Å². The Balaban J connectivity index is 3.29. The van der Waals surface area contributed by atoms with E-state index < -0.39 is 36.3 Å². The van der Waals surface area contributed by atoms with Gasteiger partial charge in [0, 0.05) is 13.1 Å². The van der Waals surface area contributed by atoms with Gasteiger partial charge in [0.25, 0.3) is 0 Å². The summed E-state index contributed by atoms with van der Waals surface area (Å²) in [6, 6.07) is 5.42. The lowest BCUT2D eigenvalue weighted by atomic mass is 10.0. The number of ether oxygens (including phenoxy) is 1. The van der Waals surface area contributed by atoms with Gasteiger partial charge < -0.3 is 25.4 Å². The highest BCUT2D eigenvalue weighted by molar-refractivity contribution is 5.92. The molecule has 0 spiro atoms. The van der Waals surface area contributed by atoms with Crippen LogP contribution in [0.1, 0.15) is 96.7 Å². The SMILES string of the molecule is CCCCCCCN(C(=O)C(CO)NC(=O)OC(C)(C)C)C(C(=O)NCCCC)c1ccc(C)cc1. The Kier molecular flexibility index (Phi) is 14.1. The minimum atomic E-state index is -1.23. The Morgan fingerprint density at radius 2 is 1.58 bits per heavy atom. The molecule has 0 bridgehead atoms. The van der Waals surface area contributed by atoms with Gasteiger partial charge in [-0.25, -0.2) is 4.79 Å². The van der Waals surface area contributed by atoms with Crippen LogP contribution in [0.15, 0.2) is 24.3 Å². The molecule has 0 aliphatic heterocycles. The zero-order valence-electron chi connectivity index (χ0n) is 23.1. The second-order valence-electron chi connectivity index (χ2n) is 10.3. The molecule has 1 rings (SSSR count). The fraction of sp³-hybridized carbons (Fsp3) is 0.679. The number of alkyl carbamates (subject to hydrolysis) is 1. The summed E-state index contributed by atoms with van der Waals surface area (Å²) in [5.41, 5.74) is 0.974. The molecule has 0 aliphatic rings. The topological polar surface area (TPSA) is 108 Å². The Morgan fingerprint density at radius 3 is 2.14 bits per heavy atom. The van der Waals surface area contributed by atoms with Crippen molar-refractivity contribution in [2.24, 2.45) is 0 Å². The first kappa shape index (κ1) is 31.4. The zero-order chi connectivity index (χ0) is 27.1. The molecule has 8 nitrogen and oxygen atoms in total. The second-order valence-corrected chi connectivity index (χ2v) is 10.3. The summed E-state index contributed by atoms with van der Waals surface area (Å²) in [5.74, 6) is -0.793. The number of unbranched alkanes of at least 4 members (excludes halogenated alkanes) is 5. The Labute approximate surface area is 217 Å². The first-order valence-corrected chi connectivity index (χ1v) is 13.3. The number of nitrogens with one attached hydrogen (secondary N) is 2. The molecule has 0 saturated heterocycles. The van der Waals surface area contributed by atoms with Gasteiger partial charge in [-0.05, 0) is 46.1 Å². The lowest BCUT2D eigenvalue weighted by Crippen LogP contribution is -2.54. The highest BCUT2D eigenvalue weighted by atomic mass is 16.6. The minimum absolute atomic E-state index is 0.275. The number of nitrogens with zero attached hydrogens (tertiary/aromatic N) is 1. The molecule has 0 aliphatic carbocycles. The first-order chi connectivity index (χ1) is 17.0. The number of hydrogen-bond donors (Lipinski definition) is 3. The Bertz CT molecular complexity index is 804. The second kappa shape index (κ2) is 16.2. The van der Waals surface area contributed by atoms with E-state index in [0.717, 1.165) is 44.1 Å². The van der Waals surface area contributed by atoms with Crippen LogP contribution in [0.2, 0.25) is 0 Å². The summed E-state index contributed by atoms with van der Waals surface area (Å²) in [7, 11) is 0. The maximum atomic E-state index is 13.7. The molecule has 1 aromatic carbocycles. The van der Waals surface area contributed by atoms with E-state index in [1.165, 1.54) is 4.90 Å². The van der Waals surface area contributed by atoms with Crippen LogP contribution in [0, 0.1) is 6.92 Å². The number of aryl methyl sites for hydroxylation is 1. The van der Waals surface area contributed by atoms with Gasteiger partial charge in [0.05, 0.1) is 6.61 Å². The molecule has 8 heteroatoms. The molecular weight excluding hydrogens is 458 g/mol. The number of aliphatic hydroxyl groups is 1. The normalized spacial score (nSPS) is 13.0. The number of hydrogen-bond acceptors (Lipinski definition) is 5. The lowest BCUT2D eigenvalue weighted by molar-refractivity contribution is -0.143. The van der Waals surface area contributed by atoms with E-state index in [1.54, 1.807) is 20.8 Å². The number of amides is 3. The molecule has 204 valence electrons. The fourth-order valence-electron chi connectivity index (χ4n) is 3.79. The van der Waals surface area contributed by atoms with Gasteiger partial charge >= 0.3 is 6.09 Å². The van der Waals surface area contributed by atoms with Gasteiger partial charge in [-0.15, -0.1) is 0 Å². The molecule has 0 aromatic heterocycles. The average molecular weight is 506 g/mol. The van der Waals surface area contributed by atoms with Crippen molar-refractivity contribution in [1.29, 1.82) is 0 Å². The van der Waals surface area contributed by atoms with E-state index in [1.807, 2.05) is 38.1 Å². The van der Waals surface area contributed by atoms with Gasteiger partial charge in [0.15, 0.2) is 0 Å². The van der Waals surface area contributed by atoms with Crippen molar-refractivity contribution in [2.45, 2.75) is 104 Å². The Hall–Kier alpha value is -2.61. The molecule has 2 atom stereocenters. The summed E-state index contributed by atoms with van der Waals surface area (Å²) in [6.45, 7) is 11.5. The van der Waals surface area contributed by atoms with E-state index in [0.29, 0.717) is 25.1 Å². The van der Waals surface area contributed by atoms with Crippen LogP contribution in [-0.2, 0) is 14.3 Å². The van der Waals surface area contributed by atoms with Crippen LogP contribution in [0.5, 0.6) is 0 Å². The average Bonchev–Trinajstić information content (AvgIpc) is 2.81. The standard InChI is InChI=1S/C28H47N3O5/c1-7-9-11-12-13-19-31(26(34)23(20-32)30-27(35)36-28(4,5)6)24(25(33)29-18-10-8-2)22-16-14-21(3)15-17-22/h14-17,23-24,32H,7-13,18-20H2,1-6H3,(H,29,33)(H,30,35). The third kappa shape index (κ3) is 11.4. The smallest absolute Gasteiger partial charge is 0.408 e. The van der Waals surface area contributed by atoms with Crippen LogP contribution in [-0.4, -0.2) is 59.3 Å². The summed E-state index contributed by atoms with van der Waals surface area (Å²) in [5, 5.41) is 15.5. The van der Waals surface area contributed by atoms with Crippen molar-refractivity contribution in [3.05, 3.63) is 35.4 Å². The van der Waals surface area contributed by atoms with Crippen LogP contribution < -0.4 is 10.6 Å². The monoisotopic (exact) mass is 505 g/mol. The maximum Gasteiger partial charge on any atom is 0.408 e. The number of rotatable bonds is 15. The van der Waals surface area contributed by atoms with E-state index in [-0.39, 0.29) is 5.91 Å². The quantitative estimate of drug-likeness (QED) is 0.301. The third-order valence-electron chi connectivity index (χ3n) is 5.74. The van der Waals surface area contributed by atoms with Crippen LogP contribution >= 0.6 is 0 Å². The van der Waals surface area contributed by atoms with Crippen molar-refractivity contribution >= 4 is 17.9 Å². The third-order valence-corrected chi connectivity index (χ3v) is 5.74. The molecule has 0 fully saturated rings. The first-order valence-electron chi connectivity index (χ1n) is 13.3. The van der Waals surface area contributed by atoms with E-state index in [9.17, 15) is 19.5 Å². The molecule has 3 N–H and O–H groups in total. The van der Waals surface area contributed by atoms with Crippen LogP contribution in [0.25, 0.3) is 0 Å². The van der Waals surface area contributed by atoms with Crippen molar-refractivity contribution < 1.29 is 24.2 Å². The molecule has 0 heterocycles. The van der Waals surface area contributed by atoms with Gasteiger partial charge in [-0.2, -0.15) is 0 Å². The van der Waals surface area contributed by atoms with Crippen LogP contribution in [0.4, 0.5) is 4.79 Å². The molecule has 3 amide bonds. The number of carbonyl (C=O) groups excluding carboxylic acids is 3. The lowest BCUT2D eigenvalue weighted by Gasteiger charge is -2.34. The van der Waals surface area contributed by atoms with Crippen molar-refractivity contribution in [2.75, 3.05) is 19.7 Å².